The van der Waals surface area contributed by atoms with Crippen molar-refractivity contribution in [3.63, 3.8) is 0 Å². The van der Waals surface area contributed by atoms with Gasteiger partial charge in [-0.05, 0) is 12.8 Å². The van der Waals surface area contributed by atoms with E-state index in [9.17, 15) is 19.4 Å². The summed E-state index contributed by atoms with van der Waals surface area (Å²) in [7, 11) is 1.32. The monoisotopic (exact) mass is 901 g/mol. The third kappa shape index (κ3) is 47.5. The van der Waals surface area contributed by atoms with E-state index in [1.54, 1.807) is 0 Å². The molecule has 0 aliphatic carbocycles. The summed E-state index contributed by atoms with van der Waals surface area (Å²) in [6, 6.07) is -0.794. The lowest BCUT2D eigenvalue weighted by molar-refractivity contribution is -0.870. The highest BCUT2D eigenvalue weighted by molar-refractivity contribution is 7.45. The van der Waals surface area contributed by atoms with E-state index in [1.807, 2.05) is 21.1 Å². The number of aliphatic hydroxyl groups excluding tert-OH is 1. The van der Waals surface area contributed by atoms with Crippen LogP contribution in [-0.2, 0) is 18.4 Å². The molecule has 0 aromatic heterocycles. The molecule has 0 aliphatic rings. The number of unbranched alkanes of at least 4 members (excludes halogenated alkanes) is 38. The molecule has 3 unspecified atom stereocenters. The van der Waals surface area contributed by atoms with E-state index in [4.69, 9.17) is 9.05 Å². The Labute approximate surface area is 387 Å². The minimum atomic E-state index is -4.56. The van der Waals surface area contributed by atoms with Crippen molar-refractivity contribution >= 4 is 13.7 Å². The molecule has 0 aromatic carbocycles. The summed E-state index contributed by atoms with van der Waals surface area (Å²) in [4.78, 5) is 25.5. The topological polar surface area (TPSA) is 108 Å². The predicted octanol–water partition coefficient (Wildman–Crippen LogP) is 15.5. The van der Waals surface area contributed by atoms with Crippen LogP contribution < -0.4 is 10.2 Å². The fraction of sp³-hybridized carbons (Fsp3) is 0.981. The number of likely N-dealkylation sites (N-methyl/N-ethyl adjacent to an activating group) is 1. The molecule has 0 saturated carbocycles. The van der Waals surface area contributed by atoms with Crippen molar-refractivity contribution in [3.8, 4) is 0 Å². The van der Waals surface area contributed by atoms with Crippen LogP contribution in [0.4, 0.5) is 0 Å². The summed E-state index contributed by atoms with van der Waals surface area (Å²) in [5.41, 5.74) is 0. The van der Waals surface area contributed by atoms with Crippen LogP contribution in [0.2, 0.25) is 0 Å². The number of amides is 1. The molecule has 0 bridgehead atoms. The van der Waals surface area contributed by atoms with Gasteiger partial charge < -0.3 is 28.8 Å². The number of carbonyl (C=O) groups excluding carboxylic acids is 1. The zero-order chi connectivity index (χ0) is 45.7. The number of nitrogens with zero attached hydrogens (tertiary/aromatic N) is 1. The van der Waals surface area contributed by atoms with Gasteiger partial charge in [0.2, 0.25) is 5.91 Å². The first-order chi connectivity index (χ1) is 30.0. The van der Waals surface area contributed by atoms with Gasteiger partial charge in [-0.25, -0.2) is 0 Å². The summed E-state index contributed by atoms with van der Waals surface area (Å²) in [6.45, 7) is 4.76. The molecule has 0 heterocycles. The van der Waals surface area contributed by atoms with Crippen molar-refractivity contribution in [2.45, 2.75) is 296 Å². The van der Waals surface area contributed by atoms with Crippen molar-refractivity contribution in [1.82, 2.24) is 5.32 Å². The summed E-state index contributed by atoms with van der Waals surface area (Å²) >= 11 is 0. The number of phosphoric acid groups is 1. The average molecular weight is 901 g/mol. The number of hydrogen-bond donors (Lipinski definition) is 2. The smallest absolute Gasteiger partial charge is 0.268 e. The number of phosphoric ester groups is 1. The van der Waals surface area contributed by atoms with Gasteiger partial charge in [-0.3, -0.25) is 9.36 Å². The molecule has 372 valence electrons. The second kappa shape index (κ2) is 45.6. The van der Waals surface area contributed by atoms with Crippen LogP contribution in [0.15, 0.2) is 0 Å². The highest BCUT2D eigenvalue weighted by Gasteiger charge is 2.24. The van der Waals surface area contributed by atoms with Gasteiger partial charge in [0.05, 0.1) is 39.9 Å². The number of quaternary nitrogens is 1. The van der Waals surface area contributed by atoms with Crippen molar-refractivity contribution in [1.29, 1.82) is 0 Å². The Morgan fingerprint density at radius 2 is 0.790 bits per heavy atom. The molecule has 0 fully saturated rings. The van der Waals surface area contributed by atoms with Crippen LogP contribution in [0.25, 0.3) is 0 Å². The van der Waals surface area contributed by atoms with Crippen molar-refractivity contribution in [2.24, 2.45) is 0 Å². The third-order valence-corrected chi connectivity index (χ3v) is 13.8. The van der Waals surface area contributed by atoms with E-state index in [0.717, 1.165) is 38.5 Å². The number of nitrogens with one attached hydrogen (secondary N) is 1. The van der Waals surface area contributed by atoms with Gasteiger partial charge in [0.15, 0.2) is 0 Å². The summed E-state index contributed by atoms with van der Waals surface area (Å²) in [5.74, 6) is -0.158. The van der Waals surface area contributed by atoms with E-state index in [-0.39, 0.29) is 19.1 Å². The van der Waals surface area contributed by atoms with Gasteiger partial charge in [0, 0.05) is 6.42 Å². The lowest BCUT2D eigenvalue weighted by atomic mass is 10.0. The fourth-order valence-electron chi connectivity index (χ4n) is 8.51. The van der Waals surface area contributed by atoms with Crippen LogP contribution >= 0.6 is 7.82 Å². The minimum Gasteiger partial charge on any atom is -0.756 e. The molecule has 8 nitrogen and oxygen atoms in total. The summed E-state index contributed by atoms with van der Waals surface area (Å²) < 4.78 is 23.4. The largest absolute Gasteiger partial charge is 0.756 e. The maximum absolute atomic E-state index is 12.9. The van der Waals surface area contributed by atoms with Crippen LogP contribution in [0.3, 0.4) is 0 Å². The van der Waals surface area contributed by atoms with Gasteiger partial charge in [-0.2, -0.15) is 0 Å². The molecular weight excluding hydrogens is 792 g/mol. The summed E-state index contributed by atoms with van der Waals surface area (Å²) in [5, 5.41) is 14.0. The quantitative estimate of drug-likeness (QED) is 0.0358. The van der Waals surface area contributed by atoms with E-state index in [1.165, 1.54) is 218 Å². The molecule has 0 aliphatic heterocycles. The zero-order valence-electron chi connectivity index (χ0n) is 42.4. The highest BCUT2D eigenvalue weighted by atomic mass is 31.2. The van der Waals surface area contributed by atoms with Crippen molar-refractivity contribution < 1.29 is 32.9 Å². The number of carbonyl (C=O) groups is 1. The van der Waals surface area contributed by atoms with E-state index >= 15 is 0 Å². The number of aliphatic hydroxyl groups is 1. The molecule has 0 rings (SSSR count). The lowest BCUT2D eigenvalue weighted by Crippen LogP contribution is -2.46. The fourth-order valence-corrected chi connectivity index (χ4v) is 9.24. The molecule has 1 amide bonds. The maximum atomic E-state index is 12.9. The molecule has 3 atom stereocenters. The van der Waals surface area contributed by atoms with Gasteiger partial charge in [0.1, 0.15) is 13.2 Å². The van der Waals surface area contributed by atoms with Gasteiger partial charge in [-0.1, -0.05) is 264 Å². The number of rotatable bonds is 51. The third-order valence-electron chi connectivity index (χ3n) is 12.8. The Bertz CT molecular complexity index is 978. The van der Waals surface area contributed by atoms with Crippen LogP contribution in [0, 0.1) is 0 Å². The molecule has 0 aromatic rings. The Morgan fingerprint density at radius 3 is 1.10 bits per heavy atom. The maximum Gasteiger partial charge on any atom is 0.268 e. The molecule has 9 heteroatoms. The molecular formula is C53H109N2O6P. The first kappa shape index (κ1) is 61.5. The molecule has 0 radical (unpaired) electrons. The van der Waals surface area contributed by atoms with E-state index in [0.29, 0.717) is 23.9 Å². The Hall–Kier alpha value is -0.500. The van der Waals surface area contributed by atoms with Crippen LogP contribution in [0.1, 0.15) is 284 Å². The van der Waals surface area contributed by atoms with Crippen molar-refractivity contribution in [3.05, 3.63) is 0 Å². The first-order valence-electron chi connectivity index (χ1n) is 27.4. The second-order valence-electron chi connectivity index (χ2n) is 20.3. The summed E-state index contributed by atoms with van der Waals surface area (Å²) in [6.07, 6.45) is 52.7. The van der Waals surface area contributed by atoms with Crippen LogP contribution in [-0.4, -0.2) is 68.5 Å². The Morgan fingerprint density at radius 1 is 0.500 bits per heavy atom. The van der Waals surface area contributed by atoms with Gasteiger partial charge >= 0.3 is 0 Å². The second-order valence-corrected chi connectivity index (χ2v) is 21.7. The SMILES string of the molecule is CCCCCCCCCCCCCCCCCCCCCCCCCCCCC(=O)NC(COP(=O)([O-])OCC[N+](C)(C)C)C(O)CCCCCCCCCCCCCCCC. The first-order valence-corrected chi connectivity index (χ1v) is 28.8. The van der Waals surface area contributed by atoms with Crippen molar-refractivity contribution in [2.75, 3.05) is 40.9 Å². The minimum absolute atomic E-state index is 0.0164. The van der Waals surface area contributed by atoms with Gasteiger partial charge in [0.25, 0.3) is 7.82 Å². The van der Waals surface area contributed by atoms with Crippen LogP contribution in [0.5, 0.6) is 0 Å². The molecule has 2 N–H and O–H groups in total. The standard InChI is InChI=1S/C53H109N2O6P/c1-6-8-10-12-14-16-18-20-22-23-24-25-26-27-28-29-30-31-32-33-35-37-39-41-43-45-47-53(57)54-51(50-61-62(58,59)60-49-48-55(3,4)5)52(56)46-44-42-40-38-36-34-21-19-17-15-13-11-9-7-2/h51-52,56H,6-50H2,1-5H3,(H-,54,57,58,59). The zero-order valence-corrected chi connectivity index (χ0v) is 43.3. The Kier molecular flexibility index (Phi) is 45.3. The van der Waals surface area contributed by atoms with E-state index in [2.05, 4.69) is 19.2 Å². The number of hydrogen-bond acceptors (Lipinski definition) is 6. The molecule has 62 heavy (non-hydrogen) atoms. The average Bonchev–Trinajstić information content (AvgIpc) is 3.23. The molecule has 0 saturated heterocycles. The molecule has 0 spiro atoms. The van der Waals surface area contributed by atoms with Gasteiger partial charge in [-0.15, -0.1) is 0 Å². The lowest BCUT2D eigenvalue weighted by Gasteiger charge is -2.30. The highest BCUT2D eigenvalue weighted by Crippen LogP contribution is 2.38. The normalized spacial score (nSPS) is 14.0. The van der Waals surface area contributed by atoms with E-state index < -0.39 is 20.0 Å². The predicted molar refractivity (Wildman–Crippen MR) is 266 cm³/mol. The Balaban J connectivity index is 4.07.